The van der Waals surface area contributed by atoms with E-state index >= 15 is 0 Å². The molecule has 144 valence electrons. The second-order valence-corrected chi connectivity index (χ2v) is 8.21. The summed E-state index contributed by atoms with van der Waals surface area (Å²) in [7, 11) is 0. The molecule has 5 nitrogen and oxygen atoms in total. The first-order chi connectivity index (χ1) is 12.4. The van der Waals surface area contributed by atoms with Gasteiger partial charge >= 0.3 is 6.18 Å². The van der Waals surface area contributed by atoms with Crippen molar-refractivity contribution in [2.24, 2.45) is 16.3 Å². The van der Waals surface area contributed by atoms with E-state index in [9.17, 15) is 13.2 Å². The second kappa shape index (κ2) is 6.67. The third kappa shape index (κ3) is 2.98. The number of alkyl halides is 3. The summed E-state index contributed by atoms with van der Waals surface area (Å²) in [5, 5.41) is 8.15. The minimum absolute atomic E-state index is 0.139. The maximum atomic E-state index is 12.7. The molecule has 3 unspecified atom stereocenters. The van der Waals surface area contributed by atoms with Crippen LogP contribution in [0.25, 0.3) is 0 Å². The van der Waals surface area contributed by atoms with Gasteiger partial charge in [0.1, 0.15) is 5.01 Å². The third-order valence-electron chi connectivity index (χ3n) is 5.89. The van der Waals surface area contributed by atoms with E-state index in [2.05, 4.69) is 20.6 Å². The van der Waals surface area contributed by atoms with Crippen LogP contribution < -0.4 is 10.6 Å². The van der Waals surface area contributed by atoms with Crippen LogP contribution in [-0.4, -0.2) is 36.2 Å². The Morgan fingerprint density at radius 2 is 2.27 bits per heavy atom. The summed E-state index contributed by atoms with van der Waals surface area (Å²) >= 11 is 0.992. The van der Waals surface area contributed by atoms with E-state index in [-0.39, 0.29) is 12.0 Å². The third-order valence-corrected chi connectivity index (χ3v) is 6.72. The van der Waals surface area contributed by atoms with Crippen LogP contribution in [-0.2, 0) is 17.5 Å². The molecule has 1 aromatic heterocycles. The number of rotatable bonds is 4. The molecular weight excluding hydrogens is 365 g/mol. The summed E-state index contributed by atoms with van der Waals surface area (Å²) in [5.74, 6) is 1.16. The molecule has 26 heavy (non-hydrogen) atoms. The van der Waals surface area contributed by atoms with Gasteiger partial charge < -0.3 is 15.4 Å². The number of guanidine groups is 1. The zero-order valence-corrected chi connectivity index (χ0v) is 15.4. The molecular formula is C17H23F3N4OS. The van der Waals surface area contributed by atoms with Gasteiger partial charge in [-0.1, -0.05) is 6.42 Å². The van der Waals surface area contributed by atoms with Crippen LogP contribution in [0.5, 0.6) is 0 Å². The lowest BCUT2D eigenvalue weighted by Crippen LogP contribution is -2.72. The fraction of sp³-hybridized carbons (Fsp3) is 0.765. The van der Waals surface area contributed by atoms with Crippen molar-refractivity contribution < 1.29 is 17.9 Å². The molecule has 1 aromatic rings. The van der Waals surface area contributed by atoms with Gasteiger partial charge in [-0.3, -0.25) is 0 Å². The summed E-state index contributed by atoms with van der Waals surface area (Å²) < 4.78 is 44.0. The molecule has 2 N–H and O–H groups in total. The Labute approximate surface area is 154 Å². The van der Waals surface area contributed by atoms with Crippen molar-refractivity contribution in [1.82, 2.24) is 15.6 Å². The van der Waals surface area contributed by atoms with E-state index in [1.165, 1.54) is 19.3 Å². The van der Waals surface area contributed by atoms with Crippen LogP contribution in [0, 0.1) is 11.3 Å². The molecule has 9 heteroatoms. The Bertz CT molecular complexity index is 686. The Morgan fingerprint density at radius 1 is 1.46 bits per heavy atom. The highest BCUT2D eigenvalue weighted by Gasteiger charge is 2.66. The zero-order valence-electron chi connectivity index (χ0n) is 14.6. The lowest BCUT2D eigenvalue weighted by Gasteiger charge is -2.63. The normalized spacial score (nSPS) is 29.8. The lowest BCUT2D eigenvalue weighted by molar-refractivity contribution is -0.171. The standard InChI is InChI=1S/C17H23F3N4OS/c1-2-21-15(22-8-12-23-11(9-26-12)17(18,19)20)24-13-10-4-7-25-14(10)16(13)5-3-6-16/h9-10,13-14H,2-8H2,1H3,(H2,21,22,24). The second-order valence-electron chi connectivity index (χ2n) is 7.27. The molecule has 2 heterocycles. The summed E-state index contributed by atoms with van der Waals surface area (Å²) in [6.45, 7) is 3.63. The fourth-order valence-electron chi connectivity index (χ4n) is 4.58. The number of aromatic nitrogens is 1. The molecule has 1 spiro atoms. The van der Waals surface area contributed by atoms with Crippen molar-refractivity contribution in [2.75, 3.05) is 13.2 Å². The molecule has 3 aliphatic rings. The molecule has 0 radical (unpaired) electrons. The Kier molecular flexibility index (Phi) is 4.63. The smallest absolute Gasteiger partial charge is 0.377 e. The van der Waals surface area contributed by atoms with Crippen molar-refractivity contribution >= 4 is 17.3 Å². The molecule has 1 aliphatic heterocycles. The van der Waals surface area contributed by atoms with Gasteiger partial charge in [0.15, 0.2) is 11.7 Å². The van der Waals surface area contributed by atoms with Gasteiger partial charge in [0.2, 0.25) is 0 Å². The minimum Gasteiger partial charge on any atom is -0.377 e. The predicted molar refractivity (Wildman–Crippen MR) is 93.0 cm³/mol. The number of hydrogen-bond donors (Lipinski definition) is 2. The lowest BCUT2D eigenvalue weighted by atomic mass is 9.46. The van der Waals surface area contributed by atoms with Gasteiger partial charge in [0.05, 0.1) is 12.6 Å². The maximum Gasteiger partial charge on any atom is 0.434 e. The van der Waals surface area contributed by atoms with Gasteiger partial charge in [-0.05, 0) is 26.2 Å². The molecule has 4 rings (SSSR count). The van der Waals surface area contributed by atoms with Crippen LogP contribution in [0.1, 0.15) is 43.3 Å². The average molecular weight is 388 g/mol. The van der Waals surface area contributed by atoms with Crippen LogP contribution >= 0.6 is 11.3 Å². The van der Waals surface area contributed by atoms with Crippen molar-refractivity contribution in [2.45, 2.75) is 57.5 Å². The van der Waals surface area contributed by atoms with E-state index in [1.807, 2.05) is 6.92 Å². The van der Waals surface area contributed by atoms with Gasteiger partial charge in [0, 0.05) is 35.9 Å². The molecule has 2 aliphatic carbocycles. The van der Waals surface area contributed by atoms with E-state index in [0.29, 0.717) is 35.6 Å². The maximum absolute atomic E-state index is 12.7. The number of halogens is 3. The number of nitrogens with one attached hydrogen (secondary N) is 2. The molecule has 0 bridgehead atoms. The fourth-order valence-corrected chi connectivity index (χ4v) is 5.31. The molecule has 3 fully saturated rings. The predicted octanol–water partition coefficient (Wildman–Crippen LogP) is 3.17. The first-order valence-corrected chi connectivity index (χ1v) is 10.00. The van der Waals surface area contributed by atoms with E-state index in [1.54, 1.807) is 0 Å². The first-order valence-electron chi connectivity index (χ1n) is 9.12. The molecule has 2 saturated carbocycles. The Balaban J connectivity index is 1.44. The minimum atomic E-state index is -4.40. The highest BCUT2D eigenvalue weighted by atomic mass is 32.1. The van der Waals surface area contributed by atoms with E-state index in [0.717, 1.165) is 29.7 Å². The van der Waals surface area contributed by atoms with Crippen molar-refractivity contribution in [3.05, 3.63) is 16.1 Å². The molecule has 3 atom stereocenters. The number of aliphatic imine (C=N–C) groups is 1. The highest BCUT2D eigenvalue weighted by Crippen LogP contribution is 2.62. The van der Waals surface area contributed by atoms with Gasteiger partial charge in [0.25, 0.3) is 0 Å². The Hall–Kier alpha value is -1.35. The van der Waals surface area contributed by atoms with Crippen LogP contribution in [0.2, 0.25) is 0 Å². The zero-order chi connectivity index (χ0) is 18.4. The van der Waals surface area contributed by atoms with E-state index < -0.39 is 11.9 Å². The first kappa shape index (κ1) is 18.0. The largest absolute Gasteiger partial charge is 0.434 e. The van der Waals surface area contributed by atoms with Crippen LogP contribution in [0.3, 0.4) is 0 Å². The number of thiazole rings is 1. The SMILES string of the molecule is CCNC(=NCc1nc(C(F)(F)F)cs1)NC1C2CCOC2C12CCC2. The molecule has 1 saturated heterocycles. The number of nitrogens with zero attached hydrogens (tertiary/aromatic N) is 2. The van der Waals surface area contributed by atoms with Crippen molar-refractivity contribution in [3.63, 3.8) is 0 Å². The van der Waals surface area contributed by atoms with Gasteiger partial charge in [-0.2, -0.15) is 13.2 Å². The van der Waals surface area contributed by atoms with E-state index in [4.69, 9.17) is 4.74 Å². The summed E-state index contributed by atoms with van der Waals surface area (Å²) in [5.41, 5.74) is -0.619. The summed E-state index contributed by atoms with van der Waals surface area (Å²) in [6, 6.07) is 0.337. The summed E-state index contributed by atoms with van der Waals surface area (Å²) in [4.78, 5) is 8.12. The van der Waals surface area contributed by atoms with Gasteiger partial charge in [-0.15, -0.1) is 11.3 Å². The Morgan fingerprint density at radius 3 is 2.88 bits per heavy atom. The van der Waals surface area contributed by atoms with Crippen LogP contribution in [0.4, 0.5) is 13.2 Å². The topological polar surface area (TPSA) is 58.5 Å². The summed E-state index contributed by atoms with van der Waals surface area (Å²) in [6.07, 6.45) is 0.605. The van der Waals surface area contributed by atoms with Crippen molar-refractivity contribution in [1.29, 1.82) is 0 Å². The number of fused-ring (bicyclic) bond motifs is 2. The molecule has 0 aromatic carbocycles. The highest BCUT2D eigenvalue weighted by molar-refractivity contribution is 7.09. The monoisotopic (exact) mass is 388 g/mol. The number of ether oxygens (including phenoxy) is 1. The van der Waals surface area contributed by atoms with Crippen LogP contribution in [0.15, 0.2) is 10.4 Å². The molecule has 0 amide bonds. The average Bonchev–Trinajstić information content (AvgIpc) is 3.16. The number of hydrogen-bond acceptors (Lipinski definition) is 4. The quantitative estimate of drug-likeness (QED) is 0.615. The van der Waals surface area contributed by atoms with Gasteiger partial charge in [-0.25, -0.2) is 9.98 Å². The van der Waals surface area contributed by atoms with Crippen molar-refractivity contribution in [3.8, 4) is 0 Å².